The molecule has 3 nitrogen and oxygen atoms in total. The van der Waals surface area contributed by atoms with Crippen molar-refractivity contribution in [1.82, 2.24) is 0 Å². The van der Waals surface area contributed by atoms with Crippen molar-refractivity contribution in [3.63, 3.8) is 0 Å². The fraction of sp³-hybridized carbons (Fsp3) is 0.571. The molecule has 102 valence electrons. The van der Waals surface area contributed by atoms with Crippen molar-refractivity contribution in [2.75, 3.05) is 20.8 Å². The van der Waals surface area contributed by atoms with Crippen LogP contribution in [0.2, 0.25) is 0 Å². The monoisotopic (exact) mass is 255 g/mol. The van der Waals surface area contributed by atoms with Crippen LogP contribution < -0.4 is 15.2 Å². The first-order valence-electron chi connectivity index (χ1n) is 6.00. The summed E-state index contributed by atoms with van der Waals surface area (Å²) in [6, 6.07) is 3.51. The summed E-state index contributed by atoms with van der Waals surface area (Å²) in [4.78, 5) is 0. The molecule has 1 aromatic rings. The number of rotatable bonds is 5. The minimum Gasteiger partial charge on any atom is -0.493 e. The largest absolute Gasteiger partial charge is 0.493 e. The van der Waals surface area contributed by atoms with Gasteiger partial charge in [0.25, 0.3) is 0 Å². The standard InChI is InChI=1S/C14H22FNO2/c1-9(8-16)10-6-12(17-4)13(18-5)7-11(10)14(2,3)15/h6-7,9H,8,16H2,1-5H3. The van der Waals surface area contributed by atoms with Crippen LogP contribution in [0.15, 0.2) is 12.1 Å². The Morgan fingerprint density at radius 1 is 1.22 bits per heavy atom. The van der Waals surface area contributed by atoms with Crippen molar-refractivity contribution < 1.29 is 13.9 Å². The average molecular weight is 255 g/mol. The average Bonchev–Trinajstić information content (AvgIpc) is 2.34. The maximum atomic E-state index is 14.3. The lowest BCUT2D eigenvalue weighted by Gasteiger charge is -2.24. The van der Waals surface area contributed by atoms with E-state index in [4.69, 9.17) is 15.2 Å². The topological polar surface area (TPSA) is 44.5 Å². The lowest BCUT2D eigenvalue weighted by molar-refractivity contribution is 0.217. The first kappa shape index (κ1) is 14.8. The molecule has 1 aromatic carbocycles. The number of nitrogens with two attached hydrogens (primary N) is 1. The number of hydrogen-bond acceptors (Lipinski definition) is 3. The number of halogens is 1. The molecule has 0 saturated heterocycles. The summed E-state index contributed by atoms with van der Waals surface area (Å²) in [5, 5.41) is 0. The molecule has 4 heteroatoms. The molecule has 0 aliphatic rings. The van der Waals surface area contributed by atoms with Crippen molar-refractivity contribution in [3.8, 4) is 11.5 Å². The Balaban J connectivity index is 3.46. The summed E-state index contributed by atoms with van der Waals surface area (Å²) >= 11 is 0. The van der Waals surface area contributed by atoms with Crippen LogP contribution in [0.5, 0.6) is 11.5 Å². The smallest absolute Gasteiger partial charge is 0.161 e. The Morgan fingerprint density at radius 3 is 2.11 bits per heavy atom. The normalized spacial score (nSPS) is 13.3. The zero-order valence-electron chi connectivity index (χ0n) is 11.7. The van der Waals surface area contributed by atoms with Gasteiger partial charge in [-0.3, -0.25) is 0 Å². The quantitative estimate of drug-likeness (QED) is 0.879. The number of ether oxygens (including phenoxy) is 2. The van der Waals surface area contributed by atoms with Gasteiger partial charge in [-0.15, -0.1) is 0 Å². The second-order valence-electron chi connectivity index (χ2n) is 4.90. The highest BCUT2D eigenvalue weighted by molar-refractivity contribution is 5.50. The molecule has 0 aliphatic carbocycles. The zero-order chi connectivity index (χ0) is 13.9. The van der Waals surface area contributed by atoms with Crippen LogP contribution in [0.4, 0.5) is 4.39 Å². The van der Waals surface area contributed by atoms with E-state index >= 15 is 0 Å². The van der Waals surface area contributed by atoms with Crippen LogP contribution in [0, 0.1) is 0 Å². The SMILES string of the molecule is COc1cc(C(C)CN)c(C(C)(C)F)cc1OC. The fourth-order valence-electron chi connectivity index (χ4n) is 1.94. The van der Waals surface area contributed by atoms with Gasteiger partial charge in [0.2, 0.25) is 0 Å². The van der Waals surface area contributed by atoms with Crippen molar-refractivity contribution in [2.24, 2.45) is 5.73 Å². The molecule has 0 bridgehead atoms. The summed E-state index contributed by atoms with van der Waals surface area (Å²) < 4.78 is 24.8. The third-order valence-corrected chi connectivity index (χ3v) is 3.08. The van der Waals surface area contributed by atoms with Crippen LogP contribution in [0.25, 0.3) is 0 Å². The van der Waals surface area contributed by atoms with Gasteiger partial charge in [0.15, 0.2) is 11.5 Å². The Bertz CT molecular complexity index is 413. The van der Waals surface area contributed by atoms with Crippen molar-refractivity contribution in [3.05, 3.63) is 23.3 Å². The molecule has 0 heterocycles. The summed E-state index contributed by atoms with van der Waals surface area (Å²) in [5.74, 6) is 1.20. The maximum Gasteiger partial charge on any atom is 0.161 e. The predicted octanol–water partition coefficient (Wildman–Crippen LogP) is 2.97. The predicted molar refractivity (Wildman–Crippen MR) is 71.1 cm³/mol. The van der Waals surface area contributed by atoms with Crippen LogP contribution in [-0.4, -0.2) is 20.8 Å². The van der Waals surface area contributed by atoms with Crippen LogP contribution in [-0.2, 0) is 5.67 Å². The number of hydrogen-bond donors (Lipinski definition) is 1. The van der Waals surface area contributed by atoms with Crippen molar-refractivity contribution in [2.45, 2.75) is 32.4 Å². The second-order valence-corrected chi connectivity index (χ2v) is 4.90. The third kappa shape index (κ3) is 2.93. The lowest BCUT2D eigenvalue weighted by Crippen LogP contribution is -2.18. The molecule has 0 spiro atoms. The Hall–Kier alpha value is -1.29. The van der Waals surface area contributed by atoms with E-state index in [1.807, 2.05) is 13.0 Å². The van der Waals surface area contributed by atoms with Gasteiger partial charge in [-0.05, 0) is 49.6 Å². The summed E-state index contributed by atoms with van der Waals surface area (Å²) in [6.07, 6.45) is 0. The minimum atomic E-state index is -1.45. The van der Waals surface area contributed by atoms with E-state index < -0.39 is 5.67 Å². The van der Waals surface area contributed by atoms with E-state index in [0.29, 0.717) is 23.6 Å². The van der Waals surface area contributed by atoms with Gasteiger partial charge in [-0.1, -0.05) is 6.92 Å². The molecule has 0 amide bonds. The molecule has 1 atom stereocenters. The highest BCUT2D eigenvalue weighted by Gasteiger charge is 2.26. The van der Waals surface area contributed by atoms with Crippen LogP contribution in [0.1, 0.15) is 37.8 Å². The molecule has 0 aliphatic heterocycles. The van der Waals surface area contributed by atoms with Gasteiger partial charge in [-0.2, -0.15) is 0 Å². The van der Waals surface area contributed by atoms with Gasteiger partial charge in [0.1, 0.15) is 5.67 Å². The van der Waals surface area contributed by atoms with E-state index in [9.17, 15) is 4.39 Å². The second kappa shape index (κ2) is 5.57. The summed E-state index contributed by atoms with van der Waals surface area (Å²) in [6.45, 7) is 5.48. The van der Waals surface area contributed by atoms with Gasteiger partial charge < -0.3 is 15.2 Å². The molecular weight excluding hydrogens is 233 g/mol. The number of alkyl halides is 1. The summed E-state index contributed by atoms with van der Waals surface area (Å²) in [5.41, 5.74) is 5.70. The number of methoxy groups -OCH3 is 2. The molecular formula is C14H22FNO2. The molecule has 0 aromatic heterocycles. The molecule has 2 N–H and O–H groups in total. The first-order valence-corrected chi connectivity index (χ1v) is 6.00. The van der Waals surface area contributed by atoms with Crippen LogP contribution in [0.3, 0.4) is 0 Å². The fourth-order valence-corrected chi connectivity index (χ4v) is 1.94. The molecule has 1 unspecified atom stereocenters. The lowest BCUT2D eigenvalue weighted by atomic mass is 9.87. The molecule has 18 heavy (non-hydrogen) atoms. The molecule has 1 rings (SSSR count). The van der Waals surface area contributed by atoms with Gasteiger partial charge in [0.05, 0.1) is 14.2 Å². The molecule has 0 fully saturated rings. The Kier molecular flexibility index (Phi) is 4.57. The zero-order valence-corrected chi connectivity index (χ0v) is 11.7. The molecule has 0 saturated carbocycles. The minimum absolute atomic E-state index is 0.0647. The van der Waals surface area contributed by atoms with E-state index in [0.717, 1.165) is 5.56 Å². The highest BCUT2D eigenvalue weighted by Crippen LogP contribution is 2.39. The maximum absolute atomic E-state index is 14.3. The van der Waals surface area contributed by atoms with Crippen molar-refractivity contribution >= 4 is 0 Å². The van der Waals surface area contributed by atoms with Crippen LogP contribution >= 0.6 is 0 Å². The van der Waals surface area contributed by atoms with E-state index in [2.05, 4.69) is 0 Å². The highest BCUT2D eigenvalue weighted by atomic mass is 19.1. The van der Waals surface area contributed by atoms with Gasteiger partial charge in [-0.25, -0.2) is 4.39 Å². The number of benzene rings is 1. The van der Waals surface area contributed by atoms with Gasteiger partial charge >= 0.3 is 0 Å². The van der Waals surface area contributed by atoms with E-state index in [1.54, 1.807) is 20.3 Å². The van der Waals surface area contributed by atoms with Gasteiger partial charge in [0, 0.05) is 0 Å². The Labute approximate surface area is 108 Å². The Morgan fingerprint density at radius 2 is 1.72 bits per heavy atom. The third-order valence-electron chi connectivity index (χ3n) is 3.08. The van der Waals surface area contributed by atoms with E-state index in [1.165, 1.54) is 13.8 Å². The van der Waals surface area contributed by atoms with Crippen molar-refractivity contribution in [1.29, 1.82) is 0 Å². The summed E-state index contributed by atoms with van der Waals surface area (Å²) in [7, 11) is 3.11. The first-order chi connectivity index (χ1) is 8.35. The molecule has 0 radical (unpaired) electrons. The van der Waals surface area contributed by atoms with E-state index in [-0.39, 0.29) is 5.92 Å².